The molecule has 112 valence electrons. The number of anilines is 2. The van der Waals surface area contributed by atoms with Crippen molar-refractivity contribution in [1.29, 1.82) is 0 Å². The first kappa shape index (κ1) is 16.5. The maximum atomic E-state index is 12.1. The van der Waals surface area contributed by atoms with Crippen LogP contribution in [-0.2, 0) is 0 Å². The van der Waals surface area contributed by atoms with Crippen molar-refractivity contribution in [3.8, 4) is 0 Å². The second-order valence-electron chi connectivity index (χ2n) is 3.95. The molecule has 0 bridgehead atoms. The Morgan fingerprint density at radius 2 is 2.10 bits per heavy atom. The van der Waals surface area contributed by atoms with E-state index in [0.717, 1.165) is 0 Å². The molecule has 0 aliphatic heterocycles. The lowest BCUT2D eigenvalue weighted by atomic mass is 10.1. The molecule has 0 saturated carbocycles. The zero-order valence-electron chi connectivity index (χ0n) is 10.8. The Bertz CT molecular complexity index is 480. The van der Waals surface area contributed by atoms with Crippen molar-refractivity contribution in [1.82, 2.24) is 0 Å². The molecule has 0 radical (unpaired) electrons. The minimum Gasteiger partial charge on any atom is -0.478 e. The number of benzene rings is 1. The van der Waals surface area contributed by atoms with Gasteiger partial charge in [0.15, 0.2) is 0 Å². The third-order valence-corrected chi connectivity index (χ3v) is 3.34. The van der Waals surface area contributed by atoms with Crippen LogP contribution in [0.4, 0.5) is 24.5 Å². The molecule has 0 heterocycles. The number of thioether (sulfide) groups is 1. The molecule has 20 heavy (non-hydrogen) atoms. The number of carboxylic acids is 1. The Morgan fingerprint density at radius 3 is 2.55 bits per heavy atom. The van der Waals surface area contributed by atoms with E-state index >= 15 is 0 Å². The van der Waals surface area contributed by atoms with Gasteiger partial charge in [0.05, 0.1) is 16.9 Å². The van der Waals surface area contributed by atoms with Crippen LogP contribution >= 0.6 is 11.8 Å². The zero-order chi connectivity index (χ0) is 15.3. The average Bonchev–Trinajstić information content (AvgIpc) is 2.34. The van der Waals surface area contributed by atoms with Gasteiger partial charge in [0.1, 0.15) is 0 Å². The summed E-state index contributed by atoms with van der Waals surface area (Å²) in [5.74, 6) is -1.21. The van der Waals surface area contributed by atoms with Crippen LogP contribution in [0.2, 0.25) is 0 Å². The van der Waals surface area contributed by atoms with Crippen LogP contribution in [0, 0.1) is 0 Å². The van der Waals surface area contributed by atoms with Gasteiger partial charge in [-0.3, -0.25) is 0 Å². The normalized spacial score (nSPS) is 11.4. The van der Waals surface area contributed by atoms with Crippen LogP contribution in [0.5, 0.6) is 0 Å². The number of nitrogens with zero attached hydrogens (tertiary/aromatic N) is 1. The fraction of sp³-hybridized carbons (Fsp3) is 0.417. The van der Waals surface area contributed by atoms with E-state index in [1.807, 2.05) is 0 Å². The van der Waals surface area contributed by atoms with Crippen molar-refractivity contribution in [2.45, 2.75) is 12.4 Å². The van der Waals surface area contributed by atoms with Crippen LogP contribution in [0.25, 0.3) is 0 Å². The highest BCUT2D eigenvalue weighted by Crippen LogP contribution is 2.31. The fourth-order valence-electron chi connectivity index (χ4n) is 1.70. The molecular weight excluding hydrogens is 293 g/mol. The second-order valence-corrected chi connectivity index (χ2v) is 5.11. The van der Waals surface area contributed by atoms with Crippen molar-refractivity contribution < 1.29 is 23.1 Å². The van der Waals surface area contributed by atoms with Gasteiger partial charge in [-0.1, -0.05) is 0 Å². The molecule has 8 heteroatoms. The third kappa shape index (κ3) is 4.84. The molecule has 0 aliphatic rings. The highest BCUT2D eigenvalue weighted by atomic mass is 32.2. The van der Waals surface area contributed by atoms with Crippen molar-refractivity contribution in [3.05, 3.63) is 23.8 Å². The predicted molar refractivity (Wildman–Crippen MR) is 74.2 cm³/mol. The van der Waals surface area contributed by atoms with Crippen molar-refractivity contribution in [2.75, 3.05) is 29.5 Å². The Balaban J connectivity index is 2.77. The number of nitrogen functional groups attached to an aromatic ring is 1. The van der Waals surface area contributed by atoms with Crippen LogP contribution < -0.4 is 10.6 Å². The van der Waals surface area contributed by atoms with Gasteiger partial charge >= 0.3 is 11.5 Å². The molecule has 0 amide bonds. The standard InChI is InChI=1S/C12H15F3N2O2S/c1-2-17(5-6-20-12(13,14)15)10-4-3-8(11(18)19)7-9(10)16/h3-4,7H,2,5-6,16H2,1H3,(H,18,19). The van der Waals surface area contributed by atoms with Crippen LogP contribution in [-0.4, -0.2) is 35.4 Å². The summed E-state index contributed by atoms with van der Waals surface area (Å²) < 4.78 is 36.3. The number of hydrogen-bond donors (Lipinski definition) is 2. The van der Waals surface area contributed by atoms with Gasteiger partial charge in [-0.2, -0.15) is 13.2 Å². The monoisotopic (exact) mass is 308 g/mol. The summed E-state index contributed by atoms with van der Waals surface area (Å²) >= 11 is -0.0908. The van der Waals surface area contributed by atoms with E-state index in [2.05, 4.69) is 0 Å². The average molecular weight is 308 g/mol. The number of hydrogen-bond acceptors (Lipinski definition) is 4. The molecule has 0 aromatic heterocycles. The third-order valence-electron chi connectivity index (χ3n) is 2.62. The molecule has 0 spiro atoms. The first-order chi connectivity index (χ1) is 9.24. The summed E-state index contributed by atoms with van der Waals surface area (Å²) in [5, 5.41) is 8.83. The molecular formula is C12H15F3N2O2S. The van der Waals surface area contributed by atoms with Crippen molar-refractivity contribution >= 4 is 29.1 Å². The van der Waals surface area contributed by atoms with E-state index in [-0.39, 0.29) is 35.3 Å². The number of halogens is 3. The lowest BCUT2D eigenvalue weighted by Gasteiger charge is -2.24. The Morgan fingerprint density at radius 1 is 1.45 bits per heavy atom. The van der Waals surface area contributed by atoms with Gasteiger partial charge in [-0.25, -0.2) is 4.79 Å². The summed E-state index contributed by atoms with van der Waals surface area (Å²) in [4.78, 5) is 12.5. The van der Waals surface area contributed by atoms with E-state index in [0.29, 0.717) is 12.2 Å². The van der Waals surface area contributed by atoms with E-state index < -0.39 is 11.5 Å². The summed E-state index contributed by atoms with van der Waals surface area (Å²) in [6.07, 6.45) is 0. The van der Waals surface area contributed by atoms with E-state index in [1.54, 1.807) is 11.8 Å². The summed E-state index contributed by atoms with van der Waals surface area (Å²) in [6.45, 7) is 2.45. The lowest BCUT2D eigenvalue weighted by Crippen LogP contribution is -2.27. The van der Waals surface area contributed by atoms with Gasteiger partial charge in [-0.15, -0.1) is 0 Å². The first-order valence-electron chi connectivity index (χ1n) is 5.83. The lowest BCUT2D eigenvalue weighted by molar-refractivity contribution is -0.0327. The number of carbonyl (C=O) groups is 1. The number of aromatic carboxylic acids is 1. The molecule has 0 fully saturated rings. The molecule has 1 aromatic rings. The molecule has 0 aliphatic carbocycles. The molecule has 0 atom stereocenters. The van der Waals surface area contributed by atoms with Gasteiger partial charge < -0.3 is 15.7 Å². The SMILES string of the molecule is CCN(CCSC(F)(F)F)c1ccc(C(=O)O)cc1N. The fourth-order valence-corrected chi connectivity index (χ4v) is 2.24. The van der Waals surface area contributed by atoms with Gasteiger partial charge in [0, 0.05) is 18.8 Å². The highest BCUT2D eigenvalue weighted by Gasteiger charge is 2.27. The minimum absolute atomic E-state index is 0.0481. The quantitative estimate of drug-likeness (QED) is 0.791. The number of nitrogens with two attached hydrogens (primary N) is 1. The Kier molecular flexibility index (Phi) is 5.55. The van der Waals surface area contributed by atoms with Gasteiger partial charge in [0.2, 0.25) is 0 Å². The molecule has 1 rings (SSSR count). The van der Waals surface area contributed by atoms with E-state index in [4.69, 9.17) is 10.8 Å². The van der Waals surface area contributed by atoms with Crippen molar-refractivity contribution in [3.63, 3.8) is 0 Å². The second kappa shape index (κ2) is 6.74. The predicted octanol–water partition coefficient (Wildman–Crippen LogP) is 3.05. The van der Waals surface area contributed by atoms with Gasteiger partial charge in [0.25, 0.3) is 0 Å². The topological polar surface area (TPSA) is 66.6 Å². The number of alkyl halides is 3. The number of rotatable bonds is 6. The van der Waals surface area contributed by atoms with Crippen LogP contribution in [0.3, 0.4) is 0 Å². The molecule has 0 unspecified atom stereocenters. The summed E-state index contributed by atoms with van der Waals surface area (Å²) in [7, 11) is 0. The smallest absolute Gasteiger partial charge is 0.441 e. The molecule has 1 aromatic carbocycles. The van der Waals surface area contributed by atoms with Crippen molar-refractivity contribution in [2.24, 2.45) is 0 Å². The molecule has 0 saturated heterocycles. The first-order valence-corrected chi connectivity index (χ1v) is 6.81. The largest absolute Gasteiger partial charge is 0.478 e. The van der Waals surface area contributed by atoms with E-state index in [9.17, 15) is 18.0 Å². The minimum atomic E-state index is -4.25. The van der Waals surface area contributed by atoms with Crippen LogP contribution in [0.1, 0.15) is 17.3 Å². The maximum Gasteiger partial charge on any atom is 0.441 e. The zero-order valence-corrected chi connectivity index (χ0v) is 11.6. The highest BCUT2D eigenvalue weighted by molar-refractivity contribution is 8.00. The van der Waals surface area contributed by atoms with Gasteiger partial charge in [-0.05, 0) is 36.9 Å². The maximum absolute atomic E-state index is 12.1. The molecule has 3 N–H and O–H groups in total. The molecule has 4 nitrogen and oxygen atoms in total. The Labute approximate surface area is 118 Å². The Hall–Kier alpha value is -1.57. The number of carboxylic acid groups (broad SMARTS) is 1. The summed E-state index contributed by atoms with van der Waals surface area (Å²) in [6, 6.07) is 4.20. The summed E-state index contributed by atoms with van der Waals surface area (Å²) in [5.41, 5.74) is 2.34. The van der Waals surface area contributed by atoms with E-state index in [1.165, 1.54) is 18.2 Å². The van der Waals surface area contributed by atoms with Crippen LogP contribution in [0.15, 0.2) is 18.2 Å².